The van der Waals surface area contributed by atoms with E-state index in [0.717, 1.165) is 18.7 Å². The van der Waals surface area contributed by atoms with E-state index in [2.05, 4.69) is 127 Å². The summed E-state index contributed by atoms with van der Waals surface area (Å²) in [4.78, 5) is 2.12. The van der Waals surface area contributed by atoms with E-state index >= 15 is 0 Å². The highest BCUT2D eigenvalue weighted by Crippen LogP contribution is 2.35. The largest absolute Gasteiger partial charge is 0.492 e. The fourth-order valence-corrected chi connectivity index (χ4v) is 3.93. The molecular weight excluding hydrogens is 469 g/mol. The minimum absolute atomic E-state index is 0.691. The summed E-state index contributed by atoms with van der Waals surface area (Å²) in [5, 5.41) is 0. The summed E-state index contributed by atoms with van der Waals surface area (Å²) in [5.41, 5.74) is 6.38. The summed E-state index contributed by atoms with van der Waals surface area (Å²) in [6, 6.07) is 27.9. The molecule has 3 rings (SSSR count). The maximum Gasteiger partial charge on any atom is 0.119 e. The Kier molecular flexibility index (Phi) is 7.90. The Bertz CT molecular complexity index is 946. The molecule has 0 N–H and O–H groups in total. The third-order valence-corrected chi connectivity index (χ3v) is 5.51. The van der Waals surface area contributed by atoms with Crippen molar-refractivity contribution >= 4 is 33.7 Å². The number of halogens is 1. The Hall–Kier alpha value is -2.11. The van der Waals surface area contributed by atoms with Gasteiger partial charge in [0.25, 0.3) is 0 Å². The lowest BCUT2D eigenvalue weighted by Gasteiger charge is -2.17. The molecule has 3 heteroatoms. The molecule has 3 aromatic rings. The third-order valence-electron chi connectivity index (χ3n) is 4.84. The van der Waals surface area contributed by atoms with Crippen molar-refractivity contribution in [1.29, 1.82) is 0 Å². The zero-order chi connectivity index (χ0) is 20.6. The van der Waals surface area contributed by atoms with Crippen LogP contribution in [0, 0.1) is 3.57 Å². The first-order valence-electron chi connectivity index (χ1n) is 10.0. The van der Waals surface area contributed by atoms with Crippen LogP contribution in [-0.4, -0.2) is 32.1 Å². The topological polar surface area (TPSA) is 12.5 Å². The number of benzene rings is 3. The van der Waals surface area contributed by atoms with Crippen molar-refractivity contribution in [3.63, 3.8) is 0 Å². The van der Waals surface area contributed by atoms with Crippen molar-refractivity contribution < 1.29 is 4.74 Å². The molecule has 0 spiro atoms. The molecule has 150 valence electrons. The van der Waals surface area contributed by atoms with Gasteiger partial charge in [-0.05, 0) is 95.2 Å². The van der Waals surface area contributed by atoms with Crippen LogP contribution in [0.2, 0.25) is 0 Å². The van der Waals surface area contributed by atoms with Crippen molar-refractivity contribution in [3.05, 3.63) is 99.1 Å². The number of rotatable bonds is 8. The molecule has 0 saturated carbocycles. The van der Waals surface area contributed by atoms with Crippen molar-refractivity contribution in [1.82, 2.24) is 4.90 Å². The zero-order valence-corrected chi connectivity index (χ0v) is 19.5. The second kappa shape index (κ2) is 10.6. The lowest BCUT2D eigenvalue weighted by Crippen LogP contribution is -2.19. The predicted octanol–water partition coefficient (Wildman–Crippen LogP) is 6.60. The van der Waals surface area contributed by atoms with Crippen molar-refractivity contribution in [3.8, 4) is 5.75 Å². The second-order valence-electron chi connectivity index (χ2n) is 7.26. The van der Waals surface area contributed by atoms with Gasteiger partial charge in [0, 0.05) is 10.1 Å². The van der Waals surface area contributed by atoms with E-state index < -0.39 is 0 Å². The number of hydrogen-bond donors (Lipinski definition) is 0. The first-order valence-corrected chi connectivity index (χ1v) is 11.1. The molecule has 0 aliphatic heterocycles. The molecule has 0 aliphatic carbocycles. The fourth-order valence-electron chi connectivity index (χ4n) is 3.39. The number of likely N-dealkylation sites (N-methyl/N-ethyl adjacent to an activating group) is 1. The molecule has 0 heterocycles. The van der Waals surface area contributed by atoms with Crippen LogP contribution in [-0.2, 0) is 0 Å². The fraction of sp³-hybridized carbons (Fsp3) is 0.231. The maximum absolute atomic E-state index is 5.89. The van der Waals surface area contributed by atoms with E-state index in [0.29, 0.717) is 6.61 Å². The van der Waals surface area contributed by atoms with E-state index in [1.54, 1.807) is 0 Å². The number of hydrogen-bond acceptors (Lipinski definition) is 2. The molecule has 0 unspecified atom stereocenters. The van der Waals surface area contributed by atoms with Crippen LogP contribution in [0.4, 0.5) is 0 Å². The molecule has 0 aromatic heterocycles. The molecule has 0 amide bonds. The molecule has 0 bridgehead atoms. The molecule has 0 saturated heterocycles. The highest BCUT2D eigenvalue weighted by Gasteiger charge is 2.13. The SMILES string of the molecule is CC/C(=C(/c1ccc(OCCN(C)C)cc1)c1cccc(I)c1)c1ccccc1. The lowest BCUT2D eigenvalue weighted by molar-refractivity contribution is 0.261. The zero-order valence-electron chi connectivity index (χ0n) is 17.4. The lowest BCUT2D eigenvalue weighted by atomic mass is 9.88. The highest BCUT2D eigenvalue weighted by molar-refractivity contribution is 14.1. The first kappa shape index (κ1) is 21.6. The Morgan fingerprint density at radius 3 is 2.14 bits per heavy atom. The van der Waals surface area contributed by atoms with E-state index in [-0.39, 0.29) is 0 Å². The van der Waals surface area contributed by atoms with Gasteiger partial charge < -0.3 is 9.64 Å². The van der Waals surface area contributed by atoms with Crippen LogP contribution in [0.1, 0.15) is 30.0 Å². The number of ether oxygens (including phenoxy) is 1. The minimum Gasteiger partial charge on any atom is -0.492 e. The van der Waals surface area contributed by atoms with Gasteiger partial charge in [-0.15, -0.1) is 0 Å². The molecule has 0 radical (unpaired) electrons. The smallest absolute Gasteiger partial charge is 0.119 e. The van der Waals surface area contributed by atoms with Crippen LogP contribution in [0.5, 0.6) is 5.75 Å². The first-order chi connectivity index (χ1) is 14.1. The molecular formula is C26H28INO. The van der Waals surface area contributed by atoms with Crippen LogP contribution < -0.4 is 4.74 Å². The van der Waals surface area contributed by atoms with Gasteiger partial charge in [-0.25, -0.2) is 0 Å². The maximum atomic E-state index is 5.89. The number of allylic oxidation sites excluding steroid dienone is 1. The monoisotopic (exact) mass is 497 g/mol. The van der Waals surface area contributed by atoms with E-state index in [1.807, 2.05) is 0 Å². The highest BCUT2D eigenvalue weighted by atomic mass is 127. The normalized spacial score (nSPS) is 12.0. The molecule has 0 fully saturated rings. The van der Waals surface area contributed by atoms with Crippen molar-refractivity contribution in [2.45, 2.75) is 13.3 Å². The standard InChI is InChI=1S/C26H28INO/c1-4-25(20-9-6-5-7-10-20)26(22-11-8-12-23(27)19-22)21-13-15-24(16-14-21)29-18-17-28(2)3/h5-16,19H,4,17-18H2,1-3H3/b26-25+. The van der Waals surface area contributed by atoms with Crippen LogP contribution in [0.15, 0.2) is 78.9 Å². The van der Waals surface area contributed by atoms with Gasteiger partial charge >= 0.3 is 0 Å². The van der Waals surface area contributed by atoms with E-state index in [1.165, 1.54) is 31.4 Å². The summed E-state index contributed by atoms with van der Waals surface area (Å²) >= 11 is 2.39. The summed E-state index contributed by atoms with van der Waals surface area (Å²) in [7, 11) is 4.11. The Morgan fingerprint density at radius 1 is 0.828 bits per heavy atom. The molecule has 0 aliphatic rings. The second-order valence-corrected chi connectivity index (χ2v) is 8.51. The van der Waals surface area contributed by atoms with Gasteiger partial charge in [-0.1, -0.05) is 61.5 Å². The van der Waals surface area contributed by atoms with Gasteiger partial charge in [0.2, 0.25) is 0 Å². The van der Waals surface area contributed by atoms with Crippen molar-refractivity contribution in [2.24, 2.45) is 0 Å². The molecule has 0 atom stereocenters. The average Bonchev–Trinajstić information content (AvgIpc) is 2.73. The van der Waals surface area contributed by atoms with Crippen LogP contribution >= 0.6 is 22.6 Å². The van der Waals surface area contributed by atoms with Gasteiger partial charge in [-0.3, -0.25) is 0 Å². The summed E-state index contributed by atoms with van der Waals surface area (Å²) in [6.07, 6.45) is 0.964. The summed E-state index contributed by atoms with van der Waals surface area (Å²) in [6.45, 7) is 3.83. The van der Waals surface area contributed by atoms with Gasteiger partial charge in [0.05, 0.1) is 0 Å². The van der Waals surface area contributed by atoms with Gasteiger partial charge in [0.1, 0.15) is 12.4 Å². The minimum atomic E-state index is 0.691. The number of nitrogens with zero attached hydrogens (tertiary/aromatic N) is 1. The Morgan fingerprint density at radius 2 is 1.52 bits per heavy atom. The quantitative estimate of drug-likeness (QED) is 0.257. The molecule has 3 aromatic carbocycles. The van der Waals surface area contributed by atoms with Gasteiger partial charge in [-0.2, -0.15) is 0 Å². The Labute approximate surface area is 188 Å². The van der Waals surface area contributed by atoms with E-state index in [9.17, 15) is 0 Å². The summed E-state index contributed by atoms with van der Waals surface area (Å²) < 4.78 is 7.13. The Balaban J connectivity index is 2.03. The van der Waals surface area contributed by atoms with E-state index in [4.69, 9.17) is 4.74 Å². The predicted molar refractivity (Wildman–Crippen MR) is 132 cm³/mol. The molecule has 29 heavy (non-hydrogen) atoms. The van der Waals surface area contributed by atoms with Crippen molar-refractivity contribution in [2.75, 3.05) is 27.2 Å². The van der Waals surface area contributed by atoms with Crippen LogP contribution in [0.3, 0.4) is 0 Å². The molecule has 2 nitrogen and oxygen atoms in total. The van der Waals surface area contributed by atoms with Crippen LogP contribution in [0.25, 0.3) is 11.1 Å². The summed E-state index contributed by atoms with van der Waals surface area (Å²) in [5.74, 6) is 0.912. The van der Waals surface area contributed by atoms with Gasteiger partial charge in [0.15, 0.2) is 0 Å². The third kappa shape index (κ3) is 5.94. The average molecular weight is 497 g/mol.